The van der Waals surface area contributed by atoms with Gasteiger partial charge >= 0.3 is 0 Å². The number of ether oxygens (including phenoxy) is 1. The van der Waals surface area contributed by atoms with Crippen LogP contribution in [0.3, 0.4) is 0 Å². The molecule has 8 heteroatoms. The molecule has 1 saturated heterocycles. The minimum Gasteiger partial charge on any atom is -0.413 e. The maximum Gasteiger partial charge on any atom is 0.286 e. The van der Waals surface area contributed by atoms with E-state index in [1.807, 2.05) is 54.6 Å². The van der Waals surface area contributed by atoms with E-state index in [1.54, 1.807) is 0 Å². The molecule has 0 bridgehead atoms. The Bertz CT molecular complexity index is 1120. The third-order valence-corrected chi connectivity index (χ3v) is 5.06. The van der Waals surface area contributed by atoms with Gasteiger partial charge in [-0.2, -0.15) is 0 Å². The largest absolute Gasteiger partial charge is 0.413 e. The van der Waals surface area contributed by atoms with E-state index < -0.39 is 0 Å². The lowest BCUT2D eigenvalue weighted by Gasteiger charge is -2.26. The van der Waals surface area contributed by atoms with Crippen LogP contribution in [0.4, 0.5) is 5.82 Å². The van der Waals surface area contributed by atoms with Crippen LogP contribution in [0.25, 0.3) is 34.1 Å². The number of hydrogen-bond donors (Lipinski definition) is 1. The molecule has 0 atom stereocenters. The van der Waals surface area contributed by atoms with Crippen molar-refractivity contribution in [3.05, 3.63) is 54.6 Å². The third kappa shape index (κ3) is 4.00. The smallest absolute Gasteiger partial charge is 0.286 e. The second kappa shape index (κ2) is 8.56. The zero-order valence-corrected chi connectivity index (χ0v) is 16.5. The van der Waals surface area contributed by atoms with Crippen molar-refractivity contribution in [3.8, 4) is 23.2 Å². The van der Waals surface area contributed by atoms with Crippen molar-refractivity contribution in [1.82, 2.24) is 25.1 Å². The van der Waals surface area contributed by atoms with Crippen molar-refractivity contribution >= 4 is 16.7 Å². The summed E-state index contributed by atoms with van der Waals surface area (Å²) in [7, 11) is 0. The summed E-state index contributed by atoms with van der Waals surface area (Å²) in [6, 6.07) is 17.6. The lowest BCUT2D eigenvalue weighted by molar-refractivity contribution is 0.0398. The van der Waals surface area contributed by atoms with Crippen LogP contribution >= 0.6 is 0 Å². The number of anilines is 1. The molecule has 0 spiro atoms. The lowest BCUT2D eigenvalue weighted by Crippen LogP contribution is -2.39. The van der Waals surface area contributed by atoms with Crippen molar-refractivity contribution in [3.63, 3.8) is 0 Å². The molecule has 1 fully saturated rings. The zero-order chi connectivity index (χ0) is 20.2. The number of nitrogens with one attached hydrogen (secondary N) is 1. The topological polar surface area (TPSA) is 89.2 Å². The van der Waals surface area contributed by atoms with Gasteiger partial charge in [0.2, 0.25) is 11.7 Å². The molecule has 0 unspecified atom stereocenters. The predicted molar refractivity (Wildman–Crippen MR) is 114 cm³/mol. The van der Waals surface area contributed by atoms with Gasteiger partial charge in [-0.05, 0) is 24.3 Å². The molecular weight excluding hydrogens is 380 g/mol. The van der Waals surface area contributed by atoms with Gasteiger partial charge in [0.25, 0.3) is 5.89 Å². The van der Waals surface area contributed by atoms with Crippen molar-refractivity contribution in [2.45, 2.75) is 0 Å². The Balaban J connectivity index is 1.41. The van der Waals surface area contributed by atoms with Crippen LogP contribution in [0, 0.1) is 0 Å². The molecule has 0 aliphatic carbocycles. The maximum absolute atomic E-state index is 5.86. The molecule has 1 aliphatic heterocycles. The van der Waals surface area contributed by atoms with Crippen LogP contribution in [0.2, 0.25) is 0 Å². The van der Waals surface area contributed by atoms with Gasteiger partial charge in [-0.3, -0.25) is 4.90 Å². The summed E-state index contributed by atoms with van der Waals surface area (Å²) in [6.45, 7) is 5.21. The van der Waals surface area contributed by atoms with Crippen molar-refractivity contribution < 1.29 is 9.15 Å². The molecule has 152 valence electrons. The number of nitrogens with zero attached hydrogens (tertiary/aromatic N) is 5. The molecule has 2 aromatic carbocycles. The molecule has 0 radical (unpaired) electrons. The predicted octanol–water partition coefficient (Wildman–Crippen LogP) is 3.09. The van der Waals surface area contributed by atoms with E-state index in [1.165, 1.54) is 0 Å². The number of benzene rings is 2. The average Bonchev–Trinajstić information content (AvgIpc) is 3.31. The SMILES string of the molecule is c1ccc(-c2nnc(-c3nc(NCCN4CCOCC4)c4ccccc4n3)o2)cc1. The summed E-state index contributed by atoms with van der Waals surface area (Å²) in [5.41, 5.74) is 1.69. The van der Waals surface area contributed by atoms with Crippen molar-refractivity contribution in [2.75, 3.05) is 44.7 Å². The Kier molecular flexibility index (Phi) is 5.32. The third-order valence-electron chi connectivity index (χ3n) is 5.06. The Labute approximate surface area is 173 Å². The van der Waals surface area contributed by atoms with E-state index in [4.69, 9.17) is 14.1 Å². The minimum absolute atomic E-state index is 0.302. The molecule has 0 saturated carbocycles. The van der Waals surface area contributed by atoms with E-state index in [0.717, 1.165) is 61.7 Å². The molecule has 3 heterocycles. The molecule has 1 N–H and O–H groups in total. The maximum atomic E-state index is 5.86. The van der Waals surface area contributed by atoms with Gasteiger partial charge in [-0.15, -0.1) is 10.2 Å². The number of hydrogen-bond acceptors (Lipinski definition) is 8. The van der Waals surface area contributed by atoms with Gasteiger partial charge in [-0.1, -0.05) is 30.3 Å². The highest BCUT2D eigenvalue weighted by Crippen LogP contribution is 2.26. The summed E-state index contributed by atoms with van der Waals surface area (Å²) >= 11 is 0. The Hall–Kier alpha value is -3.36. The Morgan fingerprint density at radius 3 is 2.50 bits per heavy atom. The highest BCUT2D eigenvalue weighted by Gasteiger charge is 2.16. The van der Waals surface area contributed by atoms with Crippen LogP contribution in [-0.4, -0.2) is 64.5 Å². The number of para-hydroxylation sites is 1. The van der Waals surface area contributed by atoms with Crippen LogP contribution in [0.15, 0.2) is 59.0 Å². The van der Waals surface area contributed by atoms with Crippen LogP contribution < -0.4 is 5.32 Å². The van der Waals surface area contributed by atoms with Gasteiger partial charge in [0.1, 0.15) is 5.82 Å². The zero-order valence-electron chi connectivity index (χ0n) is 16.5. The van der Waals surface area contributed by atoms with Crippen LogP contribution in [-0.2, 0) is 4.74 Å². The molecule has 30 heavy (non-hydrogen) atoms. The molecule has 0 amide bonds. The number of aromatic nitrogens is 4. The second-order valence-corrected chi connectivity index (χ2v) is 7.07. The standard InChI is InChI=1S/C22H22N6O2/c1-2-6-16(7-3-1)21-26-27-22(30-21)20-24-18-9-5-4-8-17(18)19(25-20)23-10-11-28-12-14-29-15-13-28/h1-9H,10-15H2,(H,23,24,25). The fourth-order valence-electron chi connectivity index (χ4n) is 3.48. The summed E-state index contributed by atoms with van der Waals surface area (Å²) in [6.07, 6.45) is 0. The molecule has 8 nitrogen and oxygen atoms in total. The summed E-state index contributed by atoms with van der Waals surface area (Å²) in [4.78, 5) is 11.7. The van der Waals surface area contributed by atoms with E-state index in [2.05, 4.69) is 25.4 Å². The fraction of sp³-hybridized carbons (Fsp3) is 0.273. The molecule has 2 aromatic heterocycles. The lowest BCUT2D eigenvalue weighted by atomic mass is 10.2. The summed E-state index contributed by atoms with van der Waals surface area (Å²) in [5, 5.41) is 12.8. The molecule has 1 aliphatic rings. The van der Waals surface area contributed by atoms with Crippen LogP contribution in [0.1, 0.15) is 0 Å². The first kappa shape index (κ1) is 18.7. The molecule has 5 rings (SSSR count). The number of fused-ring (bicyclic) bond motifs is 1. The highest BCUT2D eigenvalue weighted by atomic mass is 16.5. The average molecular weight is 402 g/mol. The quantitative estimate of drug-likeness (QED) is 0.526. The highest BCUT2D eigenvalue weighted by molar-refractivity contribution is 5.90. The second-order valence-electron chi connectivity index (χ2n) is 7.07. The molecular formula is C22H22N6O2. The van der Waals surface area contributed by atoms with Crippen molar-refractivity contribution in [1.29, 1.82) is 0 Å². The van der Waals surface area contributed by atoms with Gasteiger partial charge in [-0.25, -0.2) is 9.97 Å². The van der Waals surface area contributed by atoms with Crippen molar-refractivity contribution in [2.24, 2.45) is 0 Å². The van der Waals surface area contributed by atoms with E-state index in [-0.39, 0.29) is 0 Å². The van der Waals surface area contributed by atoms with Gasteiger partial charge in [0, 0.05) is 37.1 Å². The Morgan fingerprint density at radius 1 is 0.867 bits per heavy atom. The first-order chi connectivity index (χ1) is 14.9. The van der Waals surface area contributed by atoms with E-state index >= 15 is 0 Å². The van der Waals surface area contributed by atoms with Gasteiger partial charge in [0.05, 0.1) is 18.7 Å². The monoisotopic (exact) mass is 402 g/mol. The number of rotatable bonds is 6. The fourth-order valence-corrected chi connectivity index (χ4v) is 3.48. The first-order valence-corrected chi connectivity index (χ1v) is 10.1. The van der Waals surface area contributed by atoms with E-state index in [9.17, 15) is 0 Å². The molecule has 4 aromatic rings. The normalized spacial score (nSPS) is 14.8. The Morgan fingerprint density at radius 2 is 1.63 bits per heavy atom. The van der Waals surface area contributed by atoms with Gasteiger partial charge in [0.15, 0.2) is 0 Å². The van der Waals surface area contributed by atoms with Gasteiger partial charge < -0.3 is 14.5 Å². The summed E-state index contributed by atoms with van der Waals surface area (Å²) in [5.74, 6) is 1.93. The minimum atomic E-state index is 0.302. The first-order valence-electron chi connectivity index (χ1n) is 10.1. The summed E-state index contributed by atoms with van der Waals surface area (Å²) < 4.78 is 11.3. The van der Waals surface area contributed by atoms with E-state index in [0.29, 0.717) is 17.6 Å². The van der Waals surface area contributed by atoms with Crippen LogP contribution in [0.5, 0.6) is 0 Å². The number of morpholine rings is 1.